The molecule has 9 N–H and O–H groups in total. The molecular weight excluding hydrogens is 456 g/mol. The number of carbonyl (C=O) groups is 5. The summed E-state index contributed by atoms with van der Waals surface area (Å²) in [6.07, 6.45) is 1.61. The molecule has 0 saturated heterocycles. The Morgan fingerprint density at radius 2 is 1.66 bits per heavy atom. The summed E-state index contributed by atoms with van der Waals surface area (Å²) in [5, 5.41) is 16.8. The number of aromatic amines is 1. The fraction of sp³-hybridized carbons (Fsp3) is 0.435. The van der Waals surface area contributed by atoms with Crippen molar-refractivity contribution in [2.45, 2.75) is 51.2 Å². The van der Waals surface area contributed by atoms with E-state index in [9.17, 15) is 24.0 Å². The molecule has 3 atom stereocenters. The SMILES string of the molecule is CC(C)CC(NC(=O)C(CC(N)=O)NC(=O)C(N)Cc1c[nH]c2ccccc12)C(=O)NCC(=O)O. The van der Waals surface area contributed by atoms with E-state index in [4.69, 9.17) is 16.6 Å². The van der Waals surface area contributed by atoms with Gasteiger partial charge in [0.25, 0.3) is 0 Å². The number of aliphatic carboxylic acids is 1. The Hall–Kier alpha value is -3.93. The van der Waals surface area contributed by atoms with E-state index < -0.39 is 60.7 Å². The summed E-state index contributed by atoms with van der Waals surface area (Å²) in [5.74, 6) is -4.29. The van der Waals surface area contributed by atoms with Gasteiger partial charge in [-0.3, -0.25) is 24.0 Å². The summed E-state index contributed by atoms with van der Waals surface area (Å²) in [6, 6.07) is 4.04. The highest BCUT2D eigenvalue weighted by molar-refractivity contribution is 5.96. The topological polar surface area (TPSA) is 209 Å². The summed E-state index contributed by atoms with van der Waals surface area (Å²) in [6.45, 7) is 3.01. The molecule has 3 unspecified atom stereocenters. The standard InChI is InChI=1S/C23H32N6O6/c1-12(2)7-17(22(34)27-11-20(31)32)29-23(35)18(9-19(25)30)28-21(33)15(24)8-13-10-26-16-6-4-3-5-14(13)16/h3-6,10,12,15,17-18,26H,7-9,11,24H2,1-2H3,(H2,25,30)(H,27,34)(H,28,33)(H,29,35)(H,31,32). The number of fused-ring (bicyclic) bond motifs is 1. The number of nitrogens with one attached hydrogen (secondary N) is 4. The van der Waals surface area contributed by atoms with Crippen LogP contribution < -0.4 is 27.4 Å². The minimum atomic E-state index is -1.36. The number of amides is 4. The normalized spacial score (nSPS) is 13.6. The zero-order valence-corrected chi connectivity index (χ0v) is 19.7. The first kappa shape index (κ1) is 27.3. The molecule has 0 aliphatic carbocycles. The van der Waals surface area contributed by atoms with Gasteiger partial charge in [0.1, 0.15) is 18.6 Å². The molecule has 0 bridgehead atoms. The molecule has 12 heteroatoms. The monoisotopic (exact) mass is 488 g/mol. The van der Waals surface area contributed by atoms with E-state index in [2.05, 4.69) is 20.9 Å². The summed E-state index contributed by atoms with van der Waals surface area (Å²) < 4.78 is 0. The first-order valence-electron chi connectivity index (χ1n) is 11.2. The van der Waals surface area contributed by atoms with E-state index in [1.54, 1.807) is 6.20 Å². The van der Waals surface area contributed by atoms with Crippen LogP contribution in [-0.2, 0) is 30.4 Å². The molecule has 190 valence electrons. The van der Waals surface area contributed by atoms with Gasteiger partial charge in [0, 0.05) is 17.1 Å². The van der Waals surface area contributed by atoms with E-state index in [0.717, 1.165) is 16.5 Å². The summed E-state index contributed by atoms with van der Waals surface area (Å²) in [4.78, 5) is 63.4. The number of para-hydroxylation sites is 1. The fourth-order valence-corrected chi connectivity index (χ4v) is 3.58. The van der Waals surface area contributed by atoms with Gasteiger partial charge in [-0.2, -0.15) is 0 Å². The molecule has 0 saturated carbocycles. The molecule has 2 aromatic rings. The summed E-state index contributed by atoms with van der Waals surface area (Å²) in [5.41, 5.74) is 13.0. The Labute approximate surface area is 202 Å². The van der Waals surface area contributed by atoms with E-state index in [1.165, 1.54) is 0 Å². The highest BCUT2D eigenvalue weighted by Gasteiger charge is 2.30. The lowest BCUT2D eigenvalue weighted by molar-refractivity contribution is -0.139. The van der Waals surface area contributed by atoms with Crippen LogP contribution in [0.15, 0.2) is 30.5 Å². The Morgan fingerprint density at radius 3 is 2.29 bits per heavy atom. The lowest BCUT2D eigenvalue weighted by atomic mass is 10.0. The van der Waals surface area contributed by atoms with Gasteiger partial charge < -0.3 is 37.5 Å². The average molecular weight is 489 g/mol. The van der Waals surface area contributed by atoms with Crippen molar-refractivity contribution in [3.8, 4) is 0 Å². The van der Waals surface area contributed by atoms with Crippen molar-refractivity contribution in [1.29, 1.82) is 0 Å². The lowest BCUT2D eigenvalue weighted by Gasteiger charge is -2.24. The van der Waals surface area contributed by atoms with Crippen LogP contribution in [0.5, 0.6) is 0 Å². The van der Waals surface area contributed by atoms with Crippen LogP contribution >= 0.6 is 0 Å². The quantitative estimate of drug-likeness (QED) is 0.189. The van der Waals surface area contributed by atoms with Gasteiger partial charge in [0.05, 0.1) is 12.5 Å². The number of benzene rings is 1. The second kappa shape index (κ2) is 12.5. The number of primary amides is 1. The number of carboxylic acid groups (broad SMARTS) is 1. The molecule has 2 rings (SSSR count). The minimum absolute atomic E-state index is 0.0235. The van der Waals surface area contributed by atoms with Gasteiger partial charge >= 0.3 is 5.97 Å². The van der Waals surface area contributed by atoms with Gasteiger partial charge in [-0.1, -0.05) is 32.0 Å². The number of hydrogen-bond acceptors (Lipinski definition) is 6. The van der Waals surface area contributed by atoms with Crippen molar-refractivity contribution in [2.75, 3.05) is 6.54 Å². The van der Waals surface area contributed by atoms with E-state index in [0.29, 0.717) is 0 Å². The number of H-pyrrole nitrogens is 1. The Bertz CT molecular complexity index is 1080. The van der Waals surface area contributed by atoms with E-state index >= 15 is 0 Å². The summed E-state index contributed by atoms with van der Waals surface area (Å²) in [7, 11) is 0. The first-order valence-corrected chi connectivity index (χ1v) is 11.2. The van der Waals surface area contributed by atoms with Crippen LogP contribution in [-0.4, -0.2) is 64.4 Å². The second-order valence-electron chi connectivity index (χ2n) is 8.70. The van der Waals surface area contributed by atoms with Crippen molar-refractivity contribution in [1.82, 2.24) is 20.9 Å². The summed E-state index contributed by atoms with van der Waals surface area (Å²) >= 11 is 0. The molecular formula is C23H32N6O6. The zero-order valence-electron chi connectivity index (χ0n) is 19.7. The third kappa shape index (κ3) is 8.41. The Balaban J connectivity index is 2.09. The molecule has 1 heterocycles. The predicted molar refractivity (Wildman–Crippen MR) is 128 cm³/mol. The van der Waals surface area contributed by atoms with Crippen LogP contribution in [0.4, 0.5) is 0 Å². The maximum Gasteiger partial charge on any atom is 0.322 e. The van der Waals surface area contributed by atoms with Crippen molar-refractivity contribution >= 4 is 40.5 Å². The van der Waals surface area contributed by atoms with Crippen LogP contribution in [0, 0.1) is 5.92 Å². The van der Waals surface area contributed by atoms with Crippen LogP contribution in [0.2, 0.25) is 0 Å². The van der Waals surface area contributed by atoms with Crippen LogP contribution in [0.3, 0.4) is 0 Å². The molecule has 0 aliphatic heterocycles. The molecule has 0 aliphatic rings. The Kier molecular flexibility index (Phi) is 9.76. The molecule has 0 fully saturated rings. The van der Waals surface area contributed by atoms with Gasteiger partial charge in [-0.05, 0) is 30.4 Å². The van der Waals surface area contributed by atoms with Gasteiger partial charge in [-0.15, -0.1) is 0 Å². The average Bonchev–Trinajstić information content (AvgIpc) is 3.18. The molecule has 35 heavy (non-hydrogen) atoms. The highest BCUT2D eigenvalue weighted by atomic mass is 16.4. The fourth-order valence-electron chi connectivity index (χ4n) is 3.58. The predicted octanol–water partition coefficient (Wildman–Crippen LogP) is -0.870. The largest absolute Gasteiger partial charge is 0.480 e. The molecule has 12 nitrogen and oxygen atoms in total. The highest BCUT2D eigenvalue weighted by Crippen LogP contribution is 2.18. The van der Waals surface area contributed by atoms with Gasteiger partial charge in [0.15, 0.2) is 0 Å². The molecule has 0 spiro atoms. The number of carbonyl (C=O) groups excluding carboxylic acids is 4. The number of aromatic nitrogens is 1. The number of rotatable bonds is 13. The molecule has 4 amide bonds. The first-order chi connectivity index (χ1) is 16.5. The maximum absolute atomic E-state index is 12.9. The van der Waals surface area contributed by atoms with Gasteiger partial charge in [0.2, 0.25) is 23.6 Å². The smallest absolute Gasteiger partial charge is 0.322 e. The molecule has 0 radical (unpaired) electrons. The van der Waals surface area contributed by atoms with Crippen LogP contribution in [0.1, 0.15) is 32.3 Å². The third-order valence-electron chi connectivity index (χ3n) is 5.24. The van der Waals surface area contributed by atoms with Crippen molar-refractivity contribution in [3.05, 3.63) is 36.0 Å². The Morgan fingerprint density at radius 1 is 1.00 bits per heavy atom. The second-order valence-corrected chi connectivity index (χ2v) is 8.70. The maximum atomic E-state index is 12.9. The van der Waals surface area contributed by atoms with E-state index in [-0.39, 0.29) is 18.8 Å². The zero-order chi connectivity index (χ0) is 26.1. The molecule has 1 aromatic carbocycles. The number of carboxylic acids is 1. The number of nitrogens with two attached hydrogens (primary N) is 2. The lowest BCUT2D eigenvalue weighted by Crippen LogP contribution is -2.57. The van der Waals surface area contributed by atoms with Crippen molar-refractivity contribution in [3.63, 3.8) is 0 Å². The van der Waals surface area contributed by atoms with Gasteiger partial charge in [-0.25, -0.2) is 0 Å². The third-order valence-corrected chi connectivity index (χ3v) is 5.24. The minimum Gasteiger partial charge on any atom is -0.480 e. The van der Waals surface area contributed by atoms with Crippen LogP contribution in [0.25, 0.3) is 10.9 Å². The van der Waals surface area contributed by atoms with E-state index in [1.807, 2.05) is 38.1 Å². The number of hydrogen-bond donors (Lipinski definition) is 7. The van der Waals surface area contributed by atoms with Crippen molar-refractivity contribution < 1.29 is 29.1 Å². The molecule has 1 aromatic heterocycles. The van der Waals surface area contributed by atoms with Crippen molar-refractivity contribution in [2.24, 2.45) is 17.4 Å².